The minimum absolute atomic E-state index is 0.0935. The summed E-state index contributed by atoms with van der Waals surface area (Å²) in [5, 5.41) is 0. The molecule has 0 saturated carbocycles. The normalized spacial score (nSPS) is 25.3. The molecule has 0 bridgehead atoms. The van der Waals surface area contributed by atoms with Crippen molar-refractivity contribution < 1.29 is 114 Å². The molecule has 1 aliphatic carbocycles. The molecule has 2 aromatic carbocycles. The largest absolute Gasteiger partial charge is 0.497 e. The Balaban J connectivity index is 1.81. The summed E-state index contributed by atoms with van der Waals surface area (Å²) in [5.74, 6) is -12.2. The molecule has 24 nitrogen and oxygen atoms in total. The van der Waals surface area contributed by atoms with E-state index >= 15 is 9.59 Å². The molecule has 0 amide bonds. The number of ketones is 2. The third-order valence-corrected chi connectivity index (χ3v) is 10.2. The highest BCUT2D eigenvalue weighted by Gasteiger charge is 2.59. The summed E-state index contributed by atoms with van der Waals surface area (Å²) in [6.07, 6.45) is -19.8. The molecule has 24 heteroatoms. The first-order valence-corrected chi connectivity index (χ1v) is 20.8. The van der Waals surface area contributed by atoms with Crippen LogP contribution in [0.2, 0.25) is 0 Å². The maximum atomic E-state index is 15.5. The SMILES string of the molecule is COC(=O)C1OC(OC2=C(c3ccc(OC)cc3)C(=O)C(OC3OC(C(=O)OC)C(OC(C)=O)C(OC(C)=O)C3OC(C)=O)=C(c3ccc(OC)cc3)C2=O)C(OC(C)=O)C(OC(C)=O)C1OC(C)=O. The minimum Gasteiger partial charge on any atom is -0.497 e. The van der Waals surface area contributed by atoms with Crippen molar-refractivity contribution in [3.05, 3.63) is 71.2 Å². The van der Waals surface area contributed by atoms with Gasteiger partial charge in [0.1, 0.15) is 11.5 Å². The quantitative estimate of drug-likeness (QED) is 0.130. The Morgan fingerprint density at radius 2 is 0.671 bits per heavy atom. The van der Waals surface area contributed by atoms with Gasteiger partial charge in [0.25, 0.3) is 0 Å². The summed E-state index contributed by atoms with van der Waals surface area (Å²) in [6, 6.07) is 10.9. The van der Waals surface area contributed by atoms with E-state index in [4.69, 9.17) is 66.3 Å². The molecule has 2 aliphatic heterocycles. The highest BCUT2D eigenvalue weighted by molar-refractivity contribution is 6.46. The number of benzene rings is 2. The van der Waals surface area contributed by atoms with Crippen LogP contribution >= 0.6 is 0 Å². The number of esters is 8. The van der Waals surface area contributed by atoms with E-state index in [2.05, 4.69) is 0 Å². The highest BCUT2D eigenvalue weighted by atomic mass is 16.8. The Labute approximate surface area is 398 Å². The van der Waals surface area contributed by atoms with Gasteiger partial charge in [0.2, 0.25) is 36.4 Å². The van der Waals surface area contributed by atoms with Gasteiger partial charge in [0.05, 0.1) is 39.6 Å². The molecule has 2 aromatic rings. The molecule has 0 N–H and O–H groups in total. The van der Waals surface area contributed by atoms with Crippen molar-refractivity contribution in [1.29, 1.82) is 0 Å². The number of methoxy groups -OCH3 is 4. The fraction of sp³-hybridized carbons (Fsp3) is 0.435. The van der Waals surface area contributed by atoms with Crippen LogP contribution < -0.4 is 9.47 Å². The summed E-state index contributed by atoms with van der Waals surface area (Å²) in [4.78, 5) is 133. The second kappa shape index (κ2) is 23.0. The summed E-state index contributed by atoms with van der Waals surface area (Å²) >= 11 is 0. The summed E-state index contributed by atoms with van der Waals surface area (Å²) in [5.41, 5.74) is -1.46. The van der Waals surface area contributed by atoms with Gasteiger partial charge in [-0.3, -0.25) is 38.4 Å². The highest BCUT2D eigenvalue weighted by Crippen LogP contribution is 2.42. The van der Waals surface area contributed by atoms with Crippen LogP contribution in [0.3, 0.4) is 0 Å². The molecule has 0 spiro atoms. The number of carbonyl (C=O) groups is 10. The van der Waals surface area contributed by atoms with Crippen LogP contribution in [0.25, 0.3) is 11.1 Å². The average molecular weight is 985 g/mol. The first-order chi connectivity index (χ1) is 33.1. The number of Topliss-reactive ketones (excluding diaryl/α,β-unsaturated/α-hetero) is 2. The molecule has 70 heavy (non-hydrogen) atoms. The molecule has 5 rings (SSSR count). The molecular weight excluding hydrogens is 936 g/mol. The standard InChI is InChI=1S/C46H48O24/c1-19(47)61-35-37(63-21(3)49)41(65-23(5)51)45(69-39(35)43(55)59-9)67-33-29(25-11-15-27(57-7)16-12-25)32(54)34(30(31(33)53)26-13-17-28(58-8)18-14-26)68-46-42(66-24(6)52)38(64-22(4)50)36(62-20(2)48)40(70-46)44(56)60-10/h11-18,35-42,45-46H,1-10H3. The zero-order valence-electron chi connectivity index (χ0n) is 39.2. The van der Waals surface area contributed by atoms with Crippen molar-refractivity contribution in [2.45, 2.75) is 103 Å². The maximum Gasteiger partial charge on any atom is 0.339 e. The van der Waals surface area contributed by atoms with Gasteiger partial charge in [0, 0.05) is 41.5 Å². The summed E-state index contributed by atoms with van der Waals surface area (Å²) in [7, 11) is 4.61. The third kappa shape index (κ3) is 12.0. The number of allylic oxidation sites excluding steroid dienone is 2. The Hall–Kier alpha value is -7.86. The molecule has 3 aliphatic rings. The van der Waals surface area contributed by atoms with Crippen molar-refractivity contribution in [3.63, 3.8) is 0 Å². The Bertz CT molecular complexity index is 2280. The predicted octanol–water partition coefficient (Wildman–Crippen LogP) is 1.40. The lowest BCUT2D eigenvalue weighted by molar-refractivity contribution is -0.293. The Kier molecular flexibility index (Phi) is 17.4. The number of ether oxygens (including phenoxy) is 14. The van der Waals surface area contributed by atoms with E-state index < -0.39 is 143 Å². The van der Waals surface area contributed by atoms with Crippen molar-refractivity contribution in [2.75, 3.05) is 28.4 Å². The van der Waals surface area contributed by atoms with Crippen LogP contribution in [0.5, 0.6) is 11.5 Å². The zero-order valence-corrected chi connectivity index (χ0v) is 39.2. The summed E-state index contributed by atoms with van der Waals surface area (Å²) < 4.78 is 77.6. The zero-order chi connectivity index (χ0) is 51.7. The lowest BCUT2D eigenvalue weighted by atomic mass is 9.85. The smallest absolute Gasteiger partial charge is 0.339 e. The minimum atomic E-state index is -2.18. The van der Waals surface area contributed by atoms with Gasteiger partial charge in [-0.2, -0.15) is 0 Å². The van der Waals surface area contributed by atoms with E-state index in [1.165, 1.54) is 62.8 Å². The van der Waals surface area contributed by atoms with Crippen LogP contribution in [-0.2, 0) is 105 Å². The number of hydrogen-bond donors (Lipinski definition) is 0. The summed E-state index contributed by atoms with van der Waals surface area (Å²) in [6.45, 7) is 5.73. The van der Waals surface area contributed by atoms with Gasteiger partial charge in [-0.05, 0) is 35.4 Å². The van der Waals surface area contributed by atoms with Gasteiger partial charge in [-0.25, -0.2) is 9.59 Å². The van der Waals surface area contributed by atoms with E-state index in [0.29, 0.717) is 0 Å². The van der Waals surface area contributed by atoms with Crippen LogP contribution in [0, 0.1) is 0 Å². The number of carbonyl (C=O) groups excluding carboxylic acids is 10. The number of rotatable bonds is 16. The molecule has 10 unspecified atom stereocenters. The first kappa shape index (κ1) is 53.1. The molecule has 10 atom stereocenters. The van der Waals surface area contributed by atoms with Crippen molar-refractivity contribution in [2.24, 2.45) is 0 Å². The van der Waals surface area contributed by atoms with E-state index in [-0.39, 0.29) is 22.6 Å². The van der Waals surface area contributed by atoms with Crippen LogP contribution in [0.15, 0.2) is 60.0 Å². The van der Waals surface area contributed by atoms with Crippen LogP contribution in [-0.4, -0.2) is 149 Å². The topological polar surface area (TPSA) is 300 Å². The monoisotopic (exact) mass is 984 g/mol. The lowest BCUT2D eigenvalue weighted by Gasteiger charge is -2.44. The van der Waals surface area contributed by atoms with Gasteiger partial charge in [-0.1, -0.05) is 24.3 Å². The predicted molar refractivity (Wildman–Crippen MR) is 227 cm³/mol. The van der Waals surface area contributed by atoms with Crippen molar-refractivity contribution >= 4 is 70.5 Å². The fourth-order valence-electron chi connectivity index (χ4n) is 7.51. The lowest BCUT2D eigenvalue weighted by Crippen LogP contribution is -2.64. The average Bonchev–Trinajstić information content (AvgIpc) is 3.30. The molecule has 2 saturated heterocycles. The van der Waals surface area contributed by atoms with Gasteiger partial charge in [-0.15, -0.1) is 0 Å². The van der Waals surface area contributed by atoms with Gasteiger partial charge in [0.15, 0.2) is 48.1 Å². The van der Waals surface area contributed by atoms with Crippen molar-refractivity contribution in [3.8, 4) is 11.5 Å². The number of hydrogen-bond acceptors (Lipinski definition) is 24. The first-order valence-electron chi connectivity index (χ1n) is 20.8. The Morgan fingerprint density at radius 3 is 0.929 bits per heavy atom. The van der Waals surface area contributed by atoms with Crippen LogP contribution in [0.4, 0.5) is 0 Å². The molecule has 0 radical (unpaired) electrons. The van der Waals surface area contributed by atoms with Gasteiger partial charge >= 0.3 is 47.8 Å². The maximum absolute atomic E-state index is 15.5. The van der Waals surface area contributed by atoms with E-state index in [1.807, 2.05) is 0 Å². The molecular formula is C46H48O24. The van der Waals surface area contributed by atoms with Crippen LogP contribution in [0.1, 0.15) is 52.7 Å². The molecule has 0 aromatic heterocycles. The molecule has 2 fully saturated rings. The molecule has 2 heterocycles. The fourth-order valence-corrected chi connectivity index (χ4v) is 7.51. The van der Waals surface area contributed by atoms with Crippen molar-refractivity contribution in [1.82, 2.24) is 0 Å². The second-order valence-electron chi connectivity index (χ2n) is 15.1. The Morgan fingerprint density at radius 1 is 0.400 bits per heavy atom. The second-order valence-corrected chi connectivity index (χ2v) is 15.1. The van der Waals surface area contributed by atoms with E-state index in [0.717, 1.165) is 55.8 Å². The van der Waals surface area contributed by atoms with Gasteiger partial charge < -0.3 is 66.3 Å². The van der Waals surface area contributed by atoms with E-state index in [1.54, 1.807) is 0 Å². The third-order valence-electron chi connectivity index (χ3n) is 10.2. The molecule has 376 valence electrons. The van der Waals surface area contributed by atoms with E-state index in [9.17, 15) is 38.4 Å².